The number of amides is 1. The van der Waals surface area contributed by atoms with Crippen molar-refractivity contribution >= 4 is 39.3 Å². The van der Waals surface area contributed by atoms with Crippen molar-refractivity contribution in [1.82, 2.24) is 20.0 Å². The Morgan fingerprint density at radius 2 is 1.89 bits per heavy atom. The summed E-state index contributed by atoms with van der Waals surface area (Å²) in [5.74, 6) is -1.72. The van der Waals surface area contributed by atoms with Crippen LogP contribution in [0.15, 0.2) is 47.6 Å². The summed E-state index contributed by atoms with van der Waals surface area (Å²) in [5, 5.41) is 15.8. The number of carboxylic acid groups (broad SMARTS) is 1. The molecule has 7 N–H and O–H groups in total. The van der Waals surface area contributed by atoms with Gasteiger partial charge < -0.3 is 31.4 Å². The van der Waals surface area contributed by atoms with E-state index in [0.29, 0.717) is 54.4 Å². The van der Waals surface area contributed by atoms with E-state index in [9.17, 15) is 27.9 Å². The first kappa shape index (κ1) is 32.6. The Hall–Kier alpha value is -4.27. The van der Waals surface area contributed by atoms with Gasteiger partial charge in [0.1, 0.15) is 11.6 Å². The van der Waals surface area contributed by atoms with E-state index in [-0.39, 0.29) is 17.1 Å². The second-order valence-corrected chi connectivity index (χ2v) is 12.9. The number of Topliss-reactive ketones (excluding diaryl/α,β-unsaturated/α-hetero) is 1. The molecule has 2 aromatic carbocycles. The minimum absolute atomic E-state index is 0.0123. The van der Waals surface area contributed by atoms with Crippen molar-refractivity contribution in [2.75, 3.05) is 29.9 Å². The summed E-state index contributed by atoms with van der Waals surface area (Å²) in [7, 11) is -4.29. The van der Waals surface area contributed by atoms with Gasteiger partial charge >= 0.3 is 5.97 Å². The third-order valence-corrected chi connectivity index (χ3v) is 9.51. The number of hydrogen-bond donors (Lipinski definition) is 6. The first-order valence-electron chi connectivity index (χ1n) is 14.2. The fourth-order valence-corrected chi connectivity index (χ4v) is 7.34. The molecule has 2 atom stereocenters. The van der Waals surface area contributed by atoms with Crippen molar-refractivity contribution in [3.63, 3.8) is 0 Å². The lowest BCUT2D eigenvalue weighted by Gasteiger charge is -2.38. The molecule has 2 heterocycles. The van der Waals surface area contributed by atoms with E-state index >= 15 is 0 Å². The van der Waals surface area contributed by atoms with Crippen LogP contribution in [-0.2, 0) is 26.2 Å². The van der Waals surface area contributed by atoms with E-state index in [1.165, 1.54) is 6.92 Å². The molecule has 0 aliphatic carbocycles. The monoisotopic (exact) mass is 625 g/mol. The maximum Gasteiger partial charge on any atom is 0.326 e. The predicted molar refractivity (Wildman–Crippen MR) is 166 cm³/mol. The summed E-state index contributed by atoms with van der Waals surface area (Å²) in [5.41, 5.74) is 7.41. The van der Waals surface area contributed by atoms with Crippen LogP contribution in [0.3, 0.4) is 0 Å². The predicted octanol–water partition coefficient (Wildman–Crippen LogP) is 2.00. The maximum absolute atomic E-state index is 13.6. The molecule has 14 heteroatoms. The first-order valence-corrected chi connectivity index (χ1v) is 15.7. The number of aromatic amines is 1. The van der Waals surface area contributed by atoms with Crippen molar-refractivity contribution in [3.05, 3.63) is 70.5 Å². The Kier molecular flexibility index (Phi) is 9.76. The molecule has 13 nitrogen and oxygen atoms in total. The second kappa shape index (κ2) is 13.2. The highest BCUT2D eigenvalue weighted by molar-refractivity contribution is 7.89. The van der Waals surface area contributed by atoms with Crippen molar-refractivity contribution in [1.29, 1.82) is 0 Å². The van der Waals surface area contributed by atoms with Gasteiger partial charge in [-0.15, -0.1) is 0 Å². The smallest absolute Gasteiger partial charge is 0.326 e. The van der Waals surface area contributed by atoms with E-state index < -0.39 is 40.0 Å². The van der Waals surface area contributed by atoms with E-state index in [4.69, 9.17) is 5.73 Å². The molecular weight excluding hydrogens is 586 g/mol. The number of carboxylic acids is 1. The number of aromatic nitrogens is 2. The summed E-state index contributed by atoms with van der Waals surface area (Å²) in [6.45, 7) is 6.89. The molecule has 0 bridgehead atoms. The average Bonchev–Trinajstić information content (AvgIpc) is 3.47. The van der Waals surface area contributed by atoms with Crippen LogP contribution in [0.25, 0.3) is 0 Å². The lowest BCUT2D eigenvalue weighted by molar-refractivity contribution is -0.143. The normalized spacial score (nSPS) is 16.2. The number of hydrogen-bond acceptors (Lipinski definition) is 9. The Balaban J connectivity index is 1.56. The van der Waals surface area contributed by atoms with Crippen molar-refractivity contribution in [2.45, 2.75) is 63.6 Å². The van der Waals surface area contributed by atoms with Crippen LogP contribution in [-0.4, -0.2) is 72.4 Å². The number of anilines is 2. The molecule has 2 unspecified atom stereocenters. The van der Waals surface area contributed by atoms with Gasteiger partial charge in [0.25, 0.3) is 0 Å². The molecule has 3 aromatic rings. The molecule has 4 rings (SSSR count). The van der Waals surface area contributed by atoms with Gasteiger partial charge in [0, 0.05) is 49.7 Å². The number of imidazole rings is 1. The number of aliphatic carboxylic acids is 1. The lowest BCUT2D eigenvalue weighted by atomic mass is 9.92. The molecule has 1 aliphatic heterocycles. The summed E-state index contributed by atoms with van der Waals surface area (Å²) in [6, 6.07) is 7.84. The van der Waals surface area contributed by atoms with Crippen LogP contribution in [0.5, 0.6) is 0 Å². The quantitative estimate of drug-likeness (QED) is 0.163. The van der Waals surface area contributed by atoms with Gasteiger partial charge in [0.05, 0.1) is 4.90 Å². The zero-order chi connectivity index (χ0) is 32.2. The maximum atomic E-state index is 13.6. The third kappa shape index (κ3) is 7.09. The fraction of sp³-hybridized carbons (Fsp3) is 0.400. The highest BCUT2D eigenvalue weighted by Crippen LogP contribution is 2.32. The standard InChI is InChI=1S/C30H39N7O6S/c1-18-12-19(2)26(20(3)13-18)44(42,43)36-30(4,28(40)41)17-35-27(39)24-15-25(38)22-7-6-21(16-34-29-32-9-10-33-29)14-23(22)37(24)11-5-8-31/h6-7,9-10,12-14,24,36H,5,8,11,15-17,31H2,1-4H3,(H,35,39)(H,40,41)(H2,32,33,34). The topological polar surface area (TPSA) is 200 Å². The van der Waals surface area contributed by atoms with E-state index in [0.717, 1.165) is 11.1 Å². The van der Waals surface area contributed by atoms with Gasteiger partial charge in [-0.2, -0.15) is 4.72 Å². The number of nitrogens with zero attached hydrogens (tertiary/aromatic N) is 2. The number of nitrogens with one attached hydrogen (secondary N) is 4. The average molecular weight is 626 g/mol. The van der Waals surface area contributed by atoms with Crippen molar-refractivity contribution in [3.8, 4) is 0 Å². The number of rotatable bonds is 13. The molecular formula is C30H39N7O6S. The van der Waals surface area contributed by atoms with Crippen LogP contribution >= 0.6 is 0 Å². The minimum Gasteiger partial charge on any atom is -0.480 e. The Morgan fingerprint density at radius 1 is 1.18 bits per heavy atom. The van der Waals surface area contributed by atoms with Gasteiger partial charge in [-0.3, -0.25) is 14.4 Å². The largest absolute Gasteiger partial charge is 0.480 e. The number of benzene rings is 2. The van der Waals surface area contributed by atoms with Crippen LogP contribution in [0, 0.1) is 20.8 Å². The molecule has 44 heavy (non-hydrogen) atoms. The molecule has 0 spiro atoms. The van der Waals surface area contributed by atoms with Crippen LogP contribution in [0.2, 0.25) is 0 Å². The fourth-order valence-electron chi connectivity index (χ4n) is 5.52. The third-order valence-electron chi connectivity index (χ3n) is 7.61. The number of carbonyl (C=O) groups excluding carboxylic acids is 2. The molecule has 0 saturated heterocycles. The summed E-state index contributed by atoms with van der Waals surface area (Å²) < 4.78 is 29.1. The number of carbonyl (C=O) groups is 3. The van der Waals surface area contributed by atoms with E-state index in [1.54, 1.807) is 49.3 Å². The van der Waals surface area contributed by atoms with Crippen LogP contribution < -0.4 is 26.0 Å². The highest BCUT2D eigenvalue weighted by Gasteiger charge is 2.41. The van der Waals surface area contributed by atoms with Crippen molar-refractivity contribution in [2.24, 2.45) is 5.73 Å². The summed E-state index contributed by atoms with van der Waals surface area (Å²) in [4.78, 5) is 48.1. The zero-order valence-corrected chi connectivity index (χ0v) is 26.0. The molecule has 0 radical (unpaired) electrons. The molecule has 1 aliphatic rings. The molecule has 0 fully saturated rings. The van der Waals surface area contributed by atoms with E-state index in [1.807, 2.05) is 19.1 Å². The number of aryl methyl sites for hydroxylation is 3. The van der Waals surface area contributed by atoms with Gasteiger partial charge in [-0.1, -0.05) is 23.8 Å². The van der Waals surface area contributed by atoms with Crippen LogP contribution in [0.1, 0.15) is 52.4 Å². The number of sulfonamides is 1. The molecule has 0 saturated carbocycles. The molecule has 236 valence electrons. The second-order valence-electron chi connectivity index (χ2n) is 11.3. The molecule has 1 amide bonds. The van der Waals surface area contributed by atoms with Gasteiger partial charge in [0.15, 0.2) is 11.7 Å². The number of fused-ring (bicyclic) bond motifs is 1. The van der Waals surface area contributed by atoms with Gasteiger partial charge in [0.2, 0.25) is 15.9 Å². The summed E-state index contributed by atoms with van der Waals surface area (Å²) in [6.07, 6.45) is 3.71. The first-order chi connectivity index (χ1) is 20.8. The minimum atomic E-state index is -4.29. The number of H-pyrrole nitrogens is 1. The highest BCUT2D eigenvalue weighted by atomic mass is 32.2. The Morgan fingerprint density at radius 3 is 2.50 bits per heavy atom. The van der Waals surface area contributed by atoms with Gasteiger partial charge in [-0.05, 0) is 69.5 Å². The molecule has 1 aromatic heterocycles. The van der Waals surface area contributed by atoms with Crippen molar-refractivity contribution < 1.29 is 27.9 Å². The Bertz CT molecular complexity index is 1630. The zero-order valence-electron chi connectivity index (χ0n) is 25.2. The van der Waals surface area contributed by atoms with Gasteiger partial charge in [-0.25, -0.2) is 13.4 Å². The lowest BCUT2D eigenvalue weighted by Crippen LogP contribution is -2.61. The van der Waals surface area contributed by atoms with E-state index in [2.05, 4.69) is 25.3 Å². The number of nitrogens with two attached hydrogens (primary N) is 1. The van der Waals surface area contributed by atoms with Crippen LogP contribution in [0.4, 0.5) is 11.6 Å². The SMILES string of the molecule is Cc1cc(C)c(S(=O)(=O)NC(C)(CNC(=O)C2CC(=O)c3ccc(CNc4ncc[nH]4)cc3N2CCCN)C(=O)O)c(C)c1. The number of ketones is 1. The summed E-state index contributed by atoms with van der Waals surface area (Å²) >= 11 is 0. The Labute approximate surface area is 256 Å².